The Bertz CT molecular complexity index is 413. The SMILES string of the molecule is COc1ccc(C(Cl)CS(=O)(=O)Cl)cc1. The first-order valence-electron chi connectivity index (χ1n) is 4.13. The molecule has 0 heterocycles. The third-order valence-corrected chi connectivity index (χ3v) is 3.52. The van der Waals surface area contributed by atoms with Crippen molar-refractivity contribution in [2.75, 3.05) is 12.9 Å². The molecule has 0 aliphatic carbocycles. The van der Waals surface area contributed by atoms with Gasteiger partial charge >= 0.3 is 0 Å². The van der Waals surface area contributed by atoms with Gasteiger partial charge in [0.2, 0.25) is 9.05 Å². The van der Waals surface area contributed by atoms with E-state index in [9.17, 15) is 8.42 Å². The third kappa shape index (κ3) is 4.28. The van der Waals surface area contributed by atoms with Gasteiger partial charge in [0, 0.05) is 10.7 Å². The summed E-state index contributed by atoms with van der Waals surface area (Å²) < 4.78 is 26.6. The van der Waals surface area contributed by atoms with Crippen LogP contribution in [0.2, 0.25) is 0 Å². The van der Waals surface area contributed by atoms with Crippen LogP contribution in [0.15, 0.2) is 24.3 Å². The quantitative estimate of drug-likeness (QED) is 0.623. The molecule has 0 N–H and O–H groups in total. The van der Waals surface area contributed by atoms with Crippen molar-refractivity contribution in [1.82, 2.24) is 0 Å². The smallest absolute Gasteiger partial charge is 0.234 e. The molecule has 0 saturated heterocycles. The lowest BCUT2D eigenvalue weighted by molar-refractivity contribution is 0.414. The van der Waals surface area contributed by atoms with E-state index in [-0.39, 0.29) is 5.75 Å². The van der Waals surface area contributed by atoms with Crippen molar-refractivity contribution in [2.24, 2.45) is 0 Å². The van der Waals surface area contributed by atoms with Crippen LogP contribution in [-0.4, -0.2) is 21.3 Å². The largest absolute Gasteiger partial charge is 0.497 e. The zero-order valence-electron chi connectivity index (χ0n) is 7.98. The maximum atomic E-state index is 10.8. The highest BCUT2D eigenvalue weighted by Crippen LogP contribution is 2.25. The van der Waals surface area contributed by atoms with E-state index in [0.717, 1.165) is 0 Å². The molecule has 6 heteroatoms. The summed E-state index contributed by atoms with van der Waals surface area (Å²) in [6.07, 6.45) is 0. The zero-order chi connectivity index (χ0) is 11.5. The molecule has 0 spiro atoms. The minimum atomic E-state index is -3.58. The molecule has 0 aliphatic rings. The molecule has 0 aromatic heterocycles. The fraction of sp³-hybridized carbons (Fsp3) is 0.333. The van der Waals surface area contributed by atoms with Crippen molar-refractivity contribution in [2.45, 2.75) is 5.38 Å². The Kier molecular flexibility index (Phi) is 4.25. The highest BCUT2D eigenvalue weighted by Gasteiger charge is 2.16. The number of hydrogen-bond donors (Lipinski definition) is 0. The van der Waals surface area contributed by atoms with Crippen LogP contribution in [0.1, 0.15) is 10.9 Å². The maximum Gasteiger partial charge on any atom is 0.234 e. The molecule has 15 heavy (non-hydrogen) atoms. The molecule has 0 radical (unpaired) electrons. The van der Waals surface area contributed by atoms with Crippen LogP contribution < -0.4 is 4.74 Å². The van der Waals surface area contributed by atoms with Gasteiger partial charge in [-0.25, -0.2) is 8.42 Å². The van der Waals surface area contributed by atoms with Crippen LogP contribution >= 0.6 is 22.3 Å². The van der Waals surface area contributed by atoms with E-state index in [2.05, 4.69) is 0 Å². The van der Waals surface area contributed by atoms with Gasteiger partial charge in [-0.3, -0.25) is 0 Å². The van der Waals surface area contributed by atoms with Gasteiger partial charge in [0.1, 0.15) is 5.75 Å². The van der Waals surface area contributed by atoms with E-state index >= 15 is 0 Å². The van der Waals surface area contributed by atoms with Crippen molar-refractivity contribution < 1.29 is 13.2 Å². The molecule has 1 unspecified atom stereocenters. The fourth-order valence-corrected chi connectivity index (χ4v) is 2.84. The second-order valence-electron chi connectivity index (χ2n) is 2.95. The minimum Gasteiger partial charge on any atom is -0.497 e. The molecular weight excluding hydrogens is 259 g/mol. The number of rotatable bonds is 4. The number of hydrogen-bond acceptors (Lipinski definition) is 3. The Morgan fingerprint density at radius 2 is 1.87 bits per heavy atom. The van der Waals surface area contributed by atoms with Crippen LogP contribution in [0.3, 0.4) is 0 Å². The lowest BCUT2D eigenvalue weighted by Gasteiger charge is -2.08. The topological polar surface area (TPSA) is 43.4 Å². The molecule has 3 nitrogen and oxygen atoms in total. The number of ether oxygens (including phenoxy) is 1. The number of alkyl halides is 1. The molecule has 0 amide bonds. The maximum absolute atomic E-state index is 10.8. The highest BCUT2D eigenvalue weighted by atomic mass is 35.7. The molecule has 0 fully saturated rings. The summed E-state index contributed by atoms with van der Waals surface area (Å²) in [6.45, 7) is 0. The Balaban J connectivity index is 2.78. The van der Waals surface area contributed by atoms with Gasteiger partial charge < -0.3 is 4.74 Å². The number of benzene rings is 1. The van der Waals surface area contributed by atoms with Gasteiger partial charge in [-0.1, -0.05) is 12.1 Å². The van der Waals surface area contributed by atoms with E-state index in [1.807, 2.05) is 0 Å². The minimum absolute atomic E-state index is 0.289. The summed E-state index contributed by atoms with van der Waals surface area (Å²) in [5, 5.41) is -0.640. The lowest BCUT2D eigenvalue weighted by atomic mass is 10.1. The van der Waals surface area contributed by atoms with Crippen molar-refractivity contribution in [3.8, 4) is 5.75 Å². The highest BCUT2D eigenvalue weighted by molar-refractivity contribution is 8.13. The van der Waals surface area contributed by atoms with Gasteiger partial charge in [0.15, 0.2) is 0 Å². The number of halogens is 2. The Labute approximate surface area is 98.4 Å². The second-order valence-corrected chi connectivity index (χ2v) is 6.29. The Morgan fingerprint density at radius 3 is 2.27 bits per heavy atom. The molecule has 1 aromatic rings. The Hall–Kier alpha value is -0.450. The van der Waals surface area contributed by atoms with E-state index in [1.165, 1.54) is 0 Å². The summed E-state index contributed by atoms with van der Waals surface area (Å²) in [6, 6.07) is 6.84. The van der Waals surface area contributed by atoms with Crippen molar-refractivity contribution in [3.05, 3.63) is 29.8 Å². The molecule has 1 atom stereocenters. The van der Waals surface area contributed by atoms with Gasteiger partial charge in [-0.15, -0.1) is 11.6 Å². The zero-order valence-corrected chi connectivity index (χ0v) is 10.3. The van der Waals surface area contributed by atoms with Crippen molar-refractivity contribution in [3.63, 3.8) is 0 Å². The van der Waals surface area contributed by atoms with E-state index in [1.54, 1.807) is 31.4 Å². The summed E-state index contributed by atoms with van der Waals surface area (Å²) >= 11 is 5.88. The first kappa shape index (κ1) is 12.6. The Morgan fingerprint density at radius 1 is 1.33 bits per heavy atom. The molecule has 84 valence electrons. The standard InChI is InChI=1S/C9H10Cl2O3S/c1-14-8-4-2-7(3-5-8)9(10)6-15(11,12)13/h2-5,9H,6H2,1H3. The molecule has 1 rings (SSSR count). The molecular formula is C9H10Cl2O3S. The van der Waals surface area contributed by atoms with Crippen molar-refractivity contribution >= 4 is 31.3 Å². The van der Waals surface area contributed by atoms with Crippen LogP contribution in [0.4, 0.5) is 0 Å². The van der Waals surface area contributed by atoms with Gasteiger partial charge in [-0.2, -0.15) is 0 Å². The van der Waals surface area contributed by atoms with E-state index in [4.69, 9.17) is 27.0 Å². The van der Waals surface area contributed by atoms with Gasteiger partial charge in [0.05, 0.1) is 18.2 Å². The van der Waals surface area contributed by atoms with Crippen LogP contribution in [0.5, 0.6) is 5.75 Å². The summed E-state index contributed by atoms with van der Waals surface area (Å²) in [5.41, 5.74) is 0.696. The molecule has 0 bridgehead atoms. The van der Waals surface area contributed by atoms with E-state index < -0.39 is 14.4 Å². The predicted molar refractivity (Wildman–Crippen MR) is 61.2 cm³/mol. The molecule has 1 aromatic carbocycles. The van der Waals surface area contributed by atoms with Gasteiger partial charge in [0.25, 0.3) is 0 Å². The van der Waals surface area contributed by atoms with Crippen molar-refractivity contribution in [1.29, 1.82) is 0 Å². The fourth-order valence-electron chi connectivity index (χ4n) is 1.08. The second kappa shape index (κ2) is 5.05. The lowest BCUT2D eigenvalue weighted by Crippen LogP contribution is -2.04. The molecule has 0 aliphatic heterocycles. The van der Waals surface area contributed by atoms with Crippen LogP contribution in [-0.2, 0) is 9.05 Å². The average molecular weight is 269 g/mol. The number of methoxy groups -OCH3 is 1. The molecule has 0 saturated carbocycles. The first-order chi connectivity index (χ1) is 6.92. The van der Waals surface area contributed by atoms with Gasteiger partial charge in [-0.05, 0) is 17.7 Å². The van der Waals surface area contributed by atoms with Crippen LogP contribution in [0.25, 0.3) is 0 Å². The van der Waals surface area contributed by atoms with Crippen LogP contribution in [0, 0.1) is 0 Å². The summed E-state index contributed by atoms with van der Waals surface area (Å²) in [4.78, 5) is 0. The van der Waals surface area contributed by atoms with E-state index in [0.29, 0.717) is 11.3 Å². The summed E-state index contributed by atoms with van der Waals surface area (Å²) in [7, 11) is 3.07. The average Bonchev–Trinajstić information content (AvgIpc) is 2.15. The summed E-state index contributed by atoms with van der Waals surface area (Å²) in [5.74, 6) is 0.402. The predicted octanol–water partition coefficient (Wildman–Crippen LogP) is 2.54. The normalized spacial score (nSPS) is 13.5. The third-order valence-electron chi connectivity index (χ3n) is 1.82. The first-order valence-corrected chi connectivity index (χ1v) is 7.04. The monoisotopic (exact) mass is 268 g/mol.